The Morgan fingerprint density at radius 2 is 1.96 bits per heavy atom. The Kier molecular flexibility index (Phi) is 6.77. The van der Waals surface area contributed by atoms with E-state index in [9.17, 15) is 23.1 Å². The summed E-state index contributed by atoms with van der Waals surface area (Å²) >= 11 is 0. The first kappa shape index (κ1) is 20.4. The molecular formula is C18H26N2O5S. The van der Waals surface area contributed by atoms with E-state index in [1.165, 1.54) is 4.31 Å². The first-order valence-corrected chi connectivity index (χ1v) is 10.3. The summed E-state index contributed by atoms with van der Waals surface area (Å²) in [5, 5.41) is 11.7. The highest BCUT2D eigenvalue weighted by Gasteiger charge is 2.34. The molecule has 1 heterocycles. The molecule has 0 aromatic heterocycles. The Morgan fingerprint density at radius 1 is 1.31 bits per heavy atom. The van der Waals surface area contributed by atoms with E-state index in [0.717, 1.165) is 5.56 Å². The van der Waals surface area contributed by atoms with Gasteiger partial charge < -0.3 is 10.4 Å². The fourth-order valence-electron chi connectivity index (χ4n) is 3.07. The molecule has 0 spiro atoms. The number of carboxylic acids is 1. The van der Waals surface area contributed by atoms with Gasteiger partial charge in [0.1, 0.15) is 6.04 Å². The average Bonchev–Trinajstić information content (AvgIpc) is 2.61. The number of piperidine rings is 1. The number of nitrogens with one attached hydrogen (secondary N) is 1. The topological polar surface area (TPSA) is 104 Å². The second-order valence-electron chi connectivity index (χ2n) is 6.70. The van der Waals surface area contributed by atoms with Crippen LogP contribution >= 0.6 is 0 Å². The maximum atomic E-state index is 12.8. The number of benzene rings is 1. The highest BCUT2D eigenvalue weighted by atomic mass is 32.2. The van der Waals surface area contributed by atoms with Crippen molar-refractivity contribution in [2.75, 3.05) is 13.1 Å². The molecule has 2 rings (SSSR count). The highest BCUT2D eigenvalue weighted by Crippen LogP contribution is 2.24. The lowest BCUT2D eigenvalue weighted by atomic mass is 9.98. The number of rotatable bonds is 7. The van der Waals surface area contributed by atoms with Crippen molar-refractivity contribution in [3.8, 4) is 0 Å². The molecule has 8 heteroatoms. The molecule has 1 saturated heterocycles. The van der Waals surface area contributed by atoms with Gasteiger partial charge in [0.05, 0.1) is 10.8 Å². The van der Waals surface area contributed by atoms with Gasteiger partial charge in [0, 0.05) is 13.1 Å². The first-order chi connectivity index (χ1) is 12.3. The van der Waals surface area contributed by atoms with E-state index in [0.29, 0.717) is 32.2 Å². The zero-order valence-electron chi connectivity index (χ0n) is 15.1. The molecule has 0 bridgehead atoms. The lowest BCUT2D eigenvalue weighted by Crippen LogP contribution is -2.49. The first-order valence-electron chi connectivity index (χ1n) is 8.85. The minimum absolute atomic E-state index is 0.0699. The van der Waals surface area contributed by atoms with Crippen LogP contribution in [0.1, 0.15) is 38.2 Å². The molecule has 1 aliphatic rings. The van der Waals surface area contributed by atoms with Gasteiger partial charge in [-0.15, -0.1) is 0 Å². The van der Waals surface area contributed by atoms with Crippen LogP contribution in [-0.2, 0) is 19.6 Å². The molecule has 2 atom stereocenters. The molecule has 1 amide bonds. The lowest BCUT2D eigenvalue weighted by Gasteiger charge is -2.31. The fourth-order valence-corrected chi connectivity index (χ4v) is 4.59. The maximum absolute atomic E-state index is 12.8. The molecule has 144 valence electrons. The van der Waals surface area contributed by atoms with Crippen molar-refractivity contribution >= 4 is 21.9 Å². The van der Waals surface area contributed by atoms with E-state index < -0.39 is 33.9 Å². The van der Waals surface area contributed by atoms with Gasteiger partial charge in [0.15, 0.2) is 0 Å². The third-order valence-electron chi connectivity index (χ3n) is 4.61. The number of aliphatic carboxylic acids is 1. The number of aryl methyl sites for hydroxylation is 1. The predicted octanol–water partition coefficient (Wildman–Crippen LogP) is 1.77. The number of carbonyl (C=O) groups excluding carboxylic acids is 1. The van der Waals surface area contributed by atoms with E-state index in [1.807, 2.05) is 13.8 Å². The van der Waals surface area contributed by atoms with Gasteiger partial charge in [-0.25, -0.2) is 13.2 Å². The van der Waals surface area contributed by atoms with Gasteiger partial charge >= 0.3 is 5.97 Å². The number of hydrogen-bond acceptors (Lipinski definition) is 4. The zero-order chi connectivity index (χ0) is 19.3. The Labute approximate surface area is 154 Å². The number of sulfonamides is 1. The monoisotopic (exact) mass is 382 g/mol. The maximum Gasteiger partial charge on any atom is 0.326 e. The summed E-state index contributed by atoms with van der Waals surface area (Å²) in [7, 11) is -3.66. The number of carboxylic acid groups (broad SMARTS) is 1. The summed E-state index contributed by atoms with van der Waals surface area (Å²) in [5.74, 6) is -2.00. The second-order valence-corrected chi connectivity index (χ2v) is 8.64. The highest BCUT2D eigenvalue weighted by molar-refractivity contribution is 7.89. The Bertz CT molecular complexity index is 745. The van der Waals surface area contributed by atoms with Crippen molar-refractivity contribution in [3.05, 3.63) is 29.8 Å². The van der Waals surface area contributed by atoms with Crippen LogP contribution in [0.2, 0.25) is 0 Å². The summed E-state index contributed by atoms with van der Waals surface area (Å²) < 4.78 is 26.9. The standard InChI is InChI=1S/C18H26N2O5S/c1-3-5-16(18(22)23)19-17(21)14-6-4-11-20(12-14)26(24,25)15-9-7-13(2)8-10-15/h7-10,14,16H,3-6,11-12H2,1-2H3,(H,19,21)(H,22,23). The van der Waals surface area contributed by atoms with Gasteiger partial charge in [0.2, 0.25) is 15.9 Å². The number of hydrogen-bond donors (Lipinski definition) is 2. The minimum atomic E-state index is -3.66. The van der Waals surface area contributed by atoms with Crippen LogP contribution in [-0.4, -0.2) is 48.8 Å². The molecule has 1 aliphatic heterocycles. The third kappa shape index (κ3) is 4.82. The van der Waals surface area contributed by atoms with E-state index in [2.05, 4.69) is 5.32 Å². The normalized spacial score (nSPS) is 19.7. The molecule has 0 saturated carbocycles. The van der Waals surface area contributed by atoms with Gasteiger partial charge in [-0.3, -0.25) is 4.79 Å². The van der Waals surface area contributed by atoms with Crippen molar-refractivity contribution < 1.29 is 23.1 Å². The molecule has 0 aliphatic carbocycles. The van der Waals surface area contributed by atoms with Crippen LogP contribution in [0.5, 0.6) is 0 Å². The quantitative estimate of drug-likeness (QED) is 0.748. The predicted molar refractivity (Wildman–Crippen MR) is 97.1 cm³/mol. The van der Waals surface area contributed by atoms with Crippen molar-refractivity contribution in [1.82, 2.24) is 9.62 Å². The van der Waals surface area contributed by atoms with Crippen LogP contribution in [0.4, 0.5) is 0 Å². The SMILES string of the molecule is CCCC(NC(=O)C1CCCN(S(=O)(=O)c2ccc(C)cc2)C1)C(=O)O. The largest absolute Gasteiger partial charge is 0.480 e. The van der Waals surface area contributed by atoms with Gasteiger partial charge in [-0.2, -0.15) is 4.31 Å². The Balaban J connectivity index is 2.09. The van der Waals surface area contributed by atoms with E-state index >= 15 is 0 Å². The number of carbonyl (C=O) groups is 2. The van der Waals surface area contributed by atoms with Gasteiger partial charge in [-0.1, -0.05) is 31.0 Å². The molecule has 2 unspecified atom stereocenters. The summed E-state index contributed by atoms with van der Waals surface area (Å²) in [6.07, 6.45) is 2.09. The van der Waals surface area contributed by atoms with E-state index in [1.54, 1.807) is 24.3 Å². The molecule has 1 fully saturated rings. The van der Waals surface area contributed by atoms with Crippen LogP contribution < -0.4 is 5.32 Å². The Hall–Kier alpha value is -1.93. The van der Waals surface area contributed by atoms with Crippen LogP contribution in [0.3, 0.4) is 0 Å². The summed E-state index contributed by atoms with van der Waals surface area (Å²) in [4.78, 5) is 23.9. The average molecular weight is 382 g/mol. The molecule has 7 nitrogen and oxygen atoms in total. The van der Waals surface area contributed by atoms with Crippen molar-refractivity contribution in [3.63, 3.8) is 0 Å². The smallest absolute Gasteiger partial charge is 0.326 e. The Morgan fingerprint density at radius 3 is 2.54 bits per heavy atom. The molecule has 2 N–H and O–H groups in total. The molecule has 1 aromatic carbocycles. The second kappa shape index (κ2) is 8.64. The summed E-state index contributed by atoms with van der Waals surface area (Å²) in [5.41, 5.74) is 0.968. The zero-order valence-corrected chi connectivity index (χ0v) is 16.0. The van der Waals surface area contributed by atoms with Crippen LogP contribution in [0, 0.1) is 12.8 Å². The van der Waals surface area contributed by atoms with Crippen LogP contribution in [0.25, 0.3) is 0 Å². The molecular weight excluding hydrogens is 356 g/mol. The summed E-state index contributed by atoms with van der Waals surface area (Å²) in [6, 6.07) is 5.68. The third-order valence-corrected chi connectivity index (χ3v) is 6.48. The van der Waals surface area contributed by atoms with E-state index in [4.69, 9.17) is 0 Å². The van der Waals surface area contributed by atoms with Gasteiger partial charge in [-0.05, 0) is 38.3 Å². The number of nitrogens with zero attached hydrogens (tertiary/aromatic N) is 1. The fraction of sp³-hybridized carbons (Fsp3) is 0.556. The minimum Gasteiger partial charge on any atom is -0.480 e. The van der Waals surface area contributed by atoms with Gasteiger partial charge in [0.25, 0.3) is 0 Å². The molecule has 0 radical (unpaired) electrons. The van der Waals surface area contributed by atoms with Crippen molar-refractivity contribution in [1.29, 1.82) is 0 Å². The van der Waals surface area contributed by atoms with E-state index in [-0.39, 0.29) is 11.4 Å². The summed E-state index contributed by atoms with van der Waals surface area (Å²) in [6.45, 7) is 4.16. The van der Waals surface area contributed by atoms with Crippen molar-refractivity contribution in [2.24, 2.45) is 5.92 Å². The molecule has 26 heavy (non-hydrogen) atoms. The lowest BCUT2D eigenvalue weighted by molar-refractivity contribution is -0.142. The number of amides is 1. The van der Waals surface area contributed by atoms with Crippen LogP contribution in [0.15, 0.2) is 29.2 Å². The molecule has 1 aromatic rings. The van der Waals surface area contributed by atoms with Crippen molar-refractivity contribution in [2.45, 2.75) is 50.5 Å².